The van der Waals surface area contributed by atoms with E-state index in [1.54, 1.807) is 0 Å². The summed E-state index contributed by atoms with van der Waals surface area (Å²) in [6.07, 6.45) is 0.910. The van der Waals surface area contributed by atoms with E-state index in [0.29, 0.717) is 17.6 Å². The molecule has 136 valence electrons. The summed E-state index contributed by atoms with van der Waals surface area (Å²) in [6, 6.07) is 8.45. The van der Waals surface area contributed by atoms with E-state index in [-0.39, 0.29) is 10.8 Å². The van der Waals surface area contributed by atoms with Crippen molar-refractivity contribution in [3.8, 4) is 0 Å². The molecule has 0 aromatic heterocycles. The van der Waals surface area contributed by atoms with Gasteiger partial charge in [-0.3, -0.25) is 4.79 Å². The molecule has 0 aliphatic carbocycles. The van der Waals surface area contributed by atoms with Crippen LogP contribution in [0.1, 0.15) is 79.9 Å². The fourth-order valence-corrected chi connectivity index (χ4v) is 4.10. The lowest BCUT2D eigenvalue weighted by atomic mass is 9.57. The van der Waals surface area contributed by atoms with Crippen LogP contribution in [0.4, 0.5) is 0 Å². The van der Waals surface area contributed by atoms with Crippen LogP contribution in [0, 0.1) is 29.6 Å². The first-order chi connectivity index (χ1) is 10.7. The van der Waals surface area contributed by atoms with Crippen molar-refractivity contribution in [2.45, 2.75) is 81.1 Å². The fourth-order valence-electron chi connectivity index (χ4n) is 4.10. The Hall–Kier alpha value is -1.11. The van der Waals surface area contributed by atoms with Gasteiger partial charge in [0.2, 0.25) is 0 Å². The zero-order chi connectivity index (χ0) is 18.9. The highest BCUT2D eigenvalue weighted by atomic mass is 16.1. The molecule has 0 N–H and O–H groups in total. The summed E-state index contributed by atoms with van der Waals surface area (Å²) in [6.45, 7) is 21.9. The van der Waals surface area contributed by atoms with Crippen molar-refractivity contribution >= 4 is 5.78 Å². The first kappa shape index (κ1) is 20.9. The Morgan fingerprint density at radius 2 is 1.38 bits per heavy atom. The topological polar surface area (TPSA) is 17.1 Å². The second-order valence-electron chi connectivity index (χ2n) is 10.0. The van der Waals surface area contributed by atoms with E-state index >= 15 is 0 Å². The zero-order valence-electron chi connectivity index (χ0n) is 17.6. The lowest BCUT2D eigenvalue weighted by molar-refractivity contribution is -0.139. The zero-order valence-corrected chi connectivity index (χ0v) is 17.6. The van der Waals surface area contributed by atoms with Crippen LogP contribution in [0.2, 0.25) is 0 Å². The summed E-state index contributed by atoms with van der Waals surface area (Å²) < 4.78 is 0. The predicted octanol–water partition coefficient (Wildman–Crippen LogP) is 6.58. The van der Waals surface area contributed by atoms with Crippen LogP contribution in [0.5, 0.6) is 0 Å². The average Bonchev–Trinajstić information content (AvgIpc) is 2.44. The van der Waals surface area contributed by atoms with Gasteiger partial charge in [-0.1, -0.05) is 78.3 Å². The first-order valence-corrected chi connectivity index (χ1v) is 9.34. The van der Waals surface area contributed by atoms with Gasteiger partial charge in [-0.2, -0.15) is 0 Å². The number of hydrogen-bond acceptors (Lipinski definition) is 1. The number of hydrogen-bond donors (Lipinski definition) is 0. The van der Waals surface area contributed by atoms with Gasteiger partial charge in [-0.15, -0.1) is 0 Å². The summed E-state index contributed by atoms with van der Waals surface area (Å²) >= 11 is 0. The largest absolute Gasteiger partial charge is 0.298 e. The van der Waals surface area contributed by atoms with Crippen LogP contribution in [0.3, 0.4) is 0 Å². The second kappa shape index (κ2) is 7.02. The number of benzene rings is 1. The van der Waals surface area contributed by atoms with Crippen molar-refractivity contribution in [3.63, 3.8) is 0 Å². The Balaban J connectivity index is 3.35. The number of aryl methyl sites for hydroxylation is 1. The molecule has 0 aliphatic rings. The molecule has 1 nitrogen and oxygen atoms in total. The smallest absolute Gasteiger partial charge is 0.148 e. The van der Waals surface area contributed by atoms with E-state index in [1.165, 1.54) is 5.56 Å². The number of rotatable bonds is 6. The van der Waals surface area contributed by atoms with E-state index in [1.807, 2.05) is 0 Å². The molecule has 1 heteroatoms. The molecule has 0 radical (unpaired) electrons. The molecule has 0 saturated heterocycles. The van der Waals surface area contributed by atoms with Crippen LogP contribution in [0.15, 0.2) is 24.3 Å². The highest BCUT2D eigenvalue weighted by Gasteiger charge is 2.48. The molecule has 0 spiro atoms. The standard InChI is InChI=1S/C23H38O/c1-16(2)18(4)23(10,15-21(5,6)7)20(24)22(8,9)19-13-11-17(3)12-14-19/h11-14,16,18H,15H2,1-10H3. The Kier molecular flexibility index (Phi) is 6.12. The molecule has 2 atom stereocenters. The van der Waals surface area contributed by atoms with Gasteiger partial charge < -0.3 is 0 Å². The second-order valence-corrected chi connectivity index (χ2v) is 10.0. The highest BCUT2D eigenvalue weighted by Crippen LogP contribution is 2.47. The van der Waals surface area contributed by atoms with Crippen LogP contribution in [0.25, 0.3) is 0 Å². The SMILES string of the molecule is Cc1ccc(C(C)(C)C(=O)C(C)(CC(C)(C)C)C(C)C(C)C)cc1. The fraction of sp³-hybridized carbons (Fsp3) is 0.696. The molecular weight excluding hydrogens is 292 g/mol. The van der Waals surface area contributed by atoms with Gasteiger partial charge >= 0.3 is 0 Å². The van der Waals surface area contributed by atoms with Crippen molar-refractivity contribution < 1.29 is 4.79 Å². The van der Waals surface area contributed by atoms with Gasteiger partial charge in [0.1, 0.15) is 5.78 Å². The molecule has 0 heterocycles. The van der Waals surface area contributed by atoms with Crippen LogP contribution in [-0.2, 0) is 10.2 Å². The minimum atomic E-state index is -0.475. The van der Waals surface area contributed by atoms with Crippen molar-refractivity contribution in [2.24, 2.45) is 22.7 Å². The van der Waals surface area contributed by atoms with Crippen molar-refractivity contribution in [1.29, 1.82) is 0 Å². The van der Waals surface area contributed by atoms with Gasteiger partial charge in [0.25, 0.3) is 0 Å². The quantitative estimate of drug-likeness (QED) is 0.576. The predicted molar refractivity (Wildman–Crippen MR) is 105 cm³/mol. The number of ketones is 1. The van der Waals surface area contributed by atoms with Gasteiger partial charge in [-0.05, 0) is 50.0 Å². The van der Waals surface area contributed by atoms with E-state index in [0.717, 1.165) is 12.0 Å². The molecule has 1 aromatic carbocycles. The van der Waals surface area contributed by atoms with Crippen molar-refractivity contribution in [3.05, 3.63) is 35.4 Å². The van der Waals surface area contributed by atoms with Gasteiger partial charge in [-0.25, -0.2) is 0 Å². The maximum atomic E-state index is 13.8. The summed E-state index contributed by atoms with van der Waals surface area (Å²) in [7, 11) is 0. The van der Waals surface area contributed by atoms with E-state index in [4.69, 9.17) is 0 Å². The highest BCUT2D eigenvalue weighted by molar-refractivity contribution is 5.94. The molecule has 2 unspecified atom stereocenters. The lowest BCUT2D eigenvalue weighted by Gasteiger charge is -2.45. The van der Waals surface area contributed by atoms with Gasteiger partial charge in [0.15, 0.2) is 0 Å². The molecule has 1 aromatic rings. The Bertz CT molecular complexity index is 557. The summed E-state index contributed by atoms with van der Waals surface area (Å²) in [4.78, 5) is 13.8. The first-order valence-electron chi connectivity index (χ1n) is 9.34. The van der Waals surface area contributed by atoms with Crippen LogP contribution in [-0.4, -0.2) is 5.78 Å². The molecule has 1 rings (SSSR count). The number of Topliss-reactive ketones (excluding diaryl/α,β-unsaturated/α-hetero) is 1. The Labute approximate surface area is 150 Å². The van der Waals surface area contributed by atoms with E-state index in [2.05, 4.69) is 93.5 Å². The normalized spacial score (nSPS) is 16.8. The maximum Gasteiger partial charge on any atom is 0.148 e. The maximum absolute atomic E-state index is 13.8. The molecule has 0 saturated carbocycles. The number of carbonyl (C=O) groups excluding carboxylic acids is 1. The molecular formula is C23H38O. The molecule has 0 bridgehead atoms. The van der Waals surface area contributed by atoms with Crippen molar-refractivity contribution in [2.75, 3.05) is 0 Å². The third-order valence-electron chi connectivity index (χ3n) is 5.76. The summed E-state index contributed by atoms with van der Waals surface area (Å²) in [5.74, 6) is 1.19. The lowest BCUT2D eigenvalue weighted by Crippen LogP contribution is -2.48. The van der Waals surface area contributed by atoms with E-state index in [9.17, 15) is 4.79 Å². The monoisotopic (exact) mass is 330 g/mol. The summed E-state index contributed by atoms with van der Waals surface area (Å²) in [5, 5.41) is 0. The minimum absolute atomic E-state index is 0.122. The van der Waals surface area contributed by atoms with E-state index < -0.39 is 5.41 Å². The summed E-state index contributed by atoms with van der Waals surface area (Å²) in [5.41, 5.74) is 1.67. The molecule has 0 fully saturated rings. The van der Waals surface area contributed by atoms with Gasteiger partial charge in [0, 0.05) is 10.8 Å². The van der Waals surface area contributed by atoms with Gasteiger partial charge in [0.05, 0.1) is 0 Å². The van der Waals surface area contributed by atoms with Crippen LogP contribution >= 0.6 is 0 Å². The molecule has 0 aliphatic heterocycles. The number of carbonyl (C=O) groups is 1. The third-order valence-corrected chi connectivity index (χ3v) is 5.76. The third kappa shape index (κ3) is 4.49. The Morgan fingerprint density at radius 1 is 0.917 bits per heavy atom. The minimum Gasteiger partial charge on any atom is -0.298 e. The molecule has 0 amide bonds. The van der Waals surface area contributed by atoms with Crippen molar-refractivity contribution in [1.82, 2.24) is 0 Å². The van der Waals surface area contributed by atoms with Crippen LogP contribution < -0.4 is 0 Å². The molecule has 24 heavy (non-hydrogen) atoms. The Morgan fingerprint density at radius 3 is 1.75 bits per heavy atom. The average molecular weight is 331 g/mol.